The Labute approximate surface area is 171 Å². The maximum absolute atomic E-state index is 11.9. The molecule has 0 spiro atoms. The van der Waals surface area contributed by atoms with Crippen LogP contribution in [0, 0.1) is 11.3 Å². The predicted octanol–water partition coefficient (Wildman–Crippen LogP) is 6.64. The van der Waals surface area contributed by atoms with Crippen molar-refractivity contribution in [2.24, 2.45) is 11.3 Å². The monoisotopic (exact) mass is 385 g/mol. The van der Waals surface area contributed by atoms with Gasteiger partial charge in [0.05, 0.1) is 11.8 Å². The molecule has 0 radical (unpaired) electrons. The van der Waals surface area contributed by atoms with E-state index < -0.39 is 6.10 Å². The molecule has 2 aliphatic carbocycles. The Kier molecular flexibility index (Phi) is 7.61. The second-order valence-electron chi connectivity index (χ2n) is 9.90. The molecule has 1 N–H and O–H groups in total. The average molecular weight is 386 g/mol. The summed E-state index contributed by atoms with van der Waals surface area (Å²) in [5.41, 5.74) is 5.75. The summed E-state index contributed by atoms with van der Waals surface area (Å²) >= 11 is 0. The van der Waals surface area contributed by atoms with Gasteiger partial charge in [-0.15, -0.1) is 0 Å². The fourth-order valence-electron chi connectivity index (χ4n) is 4.13. The van der Waals surface area contributed by atoms with Gasteiger partial charge >= 0.3 is 0 Å². The van der Waals surface area contributed by atoms with Gasteiger partial charge in [-0.3, -0.25) is 9.78 Å². The van der Waals surface area contributed by atoms with Gasteiger partial charge in [-0.25, -0.2) is 0 Å². The Morgan fingerprint density at radius 2 is 1.93 bits per heavy atom. The van der Waals surface area contributed by atoms with Crippen LogP contribution >= 0.6 is 0 Å². The molecule has 0 saturated carbocycles. The zero-order valence-corrected chi connectivity index (χ0v) is 18.9. The van der Waals surface area contributed by atoms with Crippen LogP contribution in [-0.2, 0) is 6.42 Å². The van der Waals surface area contributed by atoms with Crippen molar-refractivity contribution in [3.63, 3.8) is 0 Å². The molecule has 1 aromatic rings. The Bertz CT molecular complexity index is 729. The van der Waals surface area contributed by atoms with E-state index in [0.717, 1.165) is 66.8 Å². The van der Waals surface area contributed by atoms with E-state index >= 15 is 0 Å². The summed E-state index contributed by atoms with van der Waals surface area (Å²) in [5.74, 6) is 1.08. The smallest absolute Gasteiger partial charge is 0.152 e. The number of carbonyl (C=O) groups excluding carboxylic acids is 1. The lowest BCUT2D eigenvalue weighted by atomic mass is 9.72. The molecule has 1 unspecified atom stereocenters. The van der Waals surface area contributed by atoms with Gasteiger partial charge in [0.1, 0.15) is 0 Å². The molecule has 3 heteroatoms. The molecule has 0 aromatic carbocycles. The lowest BCUT2D eigenvalue weighted by Crippen LogP contribution is -2.29. The quantitative estimate of drug-likeness (QED) is 0.591. The number of nitrogens with zero attached hydrogens (tertiary/aromatic N) is 1. The van der Waals surface area contributed by atoms with Crippen molar-refractivity contribution in [2.75, 3.05) is 0 Å². The van der Waals surface area contributed by atoms with Gasteiger partial charge in [-0.05, 0) is 60.5 Å². The second kappa shape index (κ2) is 9.35. The lowest BCUT2D eigenvalue weighted by molar-refractivity contribution is 0.0975. The standard InChI is InChI=1S/C20H27NO2.C5H12/c1-12(2)19-14(11-22)17(13-7-5-6-8-13)18-15(21-19)9-20(3,4)10-16(18)23;1-4-5(2)3/h7,11-12,16,23H,5-6,8-10H2,1-4H3;5H,4H2,1-3H3. The molecule has 1 heterocycles. The van der Waals surface area contributed by atoms with Gasteiger partial charge in [-0.1, -0.05) is 61.0 Å². The summed E-state index contributed by atoms with van der Waals surface area (Å²) in [6.07, 6.45) is 8.72. The zero-order chi connectivity index (χ0) is 21.1. The van der Waals surface area contributed by atoms with Crippen LogP contribution < -0.4 is 0 Å². The van der Waals surface area contributed by atoms with Crippen LogP contribution in [0.1, 0.15) is 125 Å². The first-order chi connectivity index (χ1) is 13.1. The van der Waals surface area contributed by atoms with Crippen LogP contribution in [0.4, 0.5) is 0 Å². The summed E-state index contributed by atoms with van der Waals surface area (Å²) in [4.78, 5) is 16.7. The first-order valence-corrected chi connectivity index (χ1v) is 11.0. The van der Waals surface area contributed by atoms with E-state index in [-0.39, 0.29) is 11.3 Å². The zero-order valence-electron chi connectivity index (χ0n) is 18.9. The molecule has 0 amide bonds. The van der Waals surface area contributed by atoms with E-state index in [9.17, 15) is 9.90 Å². The third-order valence-electron chi connectivity index (χ3n) is 5.95. The molecule has 0 saturated heterocycles. The summed E-state index contributed by atoms with van der Waals surface area (Å²) in [5, 5.41) is 10.8. The van der Waals surface area contributed by atoms with Crippen molar-refractivity contribution in [1.29, 1.82) is 0 Å². The molecule has 3 rings (SSSR count). The molecule has 0 bridgehead atoms. The van der Waals surface area contributed by atoms with Gasteiger partial charge in [0.15, 0.2) is 6.29 Å². The topological polar surface area (TPSA) is 50.2 Å². The highest BCUT2D eigenvalue weighted by Crippen LogP contribution is 2.46. The van der Waals surface area contributed by atoms with Gasteiger partial charge in [-0.2, -0.15) is 0 Å². The van der Waals surface area contributed by atoms with Gasteiger partial charge < -0.3 is 5.11 Å². The van der Waals surface area contributed by atoms with Crippen LogP contribution in [-0.4, -0.2) is 16.4 Å². The van der Waals surface area contributed by atoms with Gasteiger partial charge in [0, 0.05) is 16.8 Å². The summed E-state index contributed by atoms with van der Waals surface area (Å²) in [7, 11) is 0. The van der Waals surface area contributed by atoms with Crippen molar-refractivity contribution in [2.45, 2.75) is 99.0 Å². The minimum Gasteiger partial charge on any atom is -0.388 e. The molecule has 2 aliphatic rings. The van der Waals surface area contributed by atoms with E-state index in [1.165, 1.54) is 12.0 Å². The third-order valence-corrected chi connectivity index (χ3v) is 5.95. The van der Waals surface area contributed by atoms with Crippen LogP contribution in [0.15, 0.2) is 6.08 Å². The average Bonchev–Trinajstić information content (AvgIpc) is 3.13. The predicted molar refractivity (Wildman–Crippen MR) is 118 cm³/mol. The third kappa shape index (κ3) is 5.11. The molecule has 156 valence electrons. The summed E-state index contributed by atoms with van der Waals surface area (Å²) in [6.45, 7) is 15.2. The van der Waals surface area contributed by atoms with Crippen molar-refractivity contribution in [3.05, 3.63) is 34.2 Å². The fourth-order valence-corrected chi connectivity index (χ4v) is 4.13. The van der Waals surface area contributed by atoms with Crippen LogP contribution in [0.2, 0.25) is 0 Å². The summed E-state index contributed by atoms with van der Waals surface area (Å²) < 4.78 is 0. The lowest BCUT2D eigenvalue weighted by Gasteiger charge is -2.36. The van der Waals surface area contributed by atoms with Gasteiger partial charge in [0.25, 0.3) is 0 Å². The summed E-state index contributed by atoms with van der Waals surface area (Å²) in [6, 6.07) is 0. The highest BCUT2D eigenvalue weighted by atomic mass is 16.3. The van der Waals surface area contributed by atoms with Crippen molar-refractivity contribution >= 4 is 11.9 Å². The first kappa shape index (κ1) is 22.8. The minimum absolute atomic E-state index is 0.0394. The Morgan fingerprint density at radius 3 is 2.39 bits per heavy atom. The highest BCUT2D eigenvalue weighted by Gasteiger charge is 2.36. The number of fused-ring (bicyclic) bond motifs is 1. The minimum atomic E-state index is -0.530. The van der Waals surface area contributed by atoms with E-state index in [1.807, 2.05) is 0 Å². The first-order valence-electron chi connectivity index (χ1n) is 11.0. The molecule has 28 heavy (non-hydrogen) atoms. The van der Waals surface area contributed by atoms with Crippen molar-refractivity contribution in [1.82, 2.24) is 4.98 Å². The largest absolute Gasteiger partial charge is 0.388 e. The number of pyridine rings is 1. The van der Waals surface area contributed by atoms with E-state index in [1.54, 1.807) is 0 Å². The van der Waals surface area contributed by atoms with Crippen LogP contribution in [0.3, 0.4) is 0 Å². The molecule has 1 atom stereocenters. The number of allylic oxidation sites excluding steroid dienone is 2. The van der Waals surface area contributed by atoms with Gasteiger partial charge in [0.2, 0.25) is 0 Å². The van der Waals surface area contributed by atoms with Crippen LogP contribution in [0.5, 0.6) is 0 Å². The Hall–Kier alpha value is -1.48. The van der Waals surface area contributed by atoms with Crippen molar-refractivity contribution in [3.8, 4) is 0 Å². The van der Waals surface area contributed by atoms with E-state index in [2.05, 4.69) is 54.5 Å². The highest BCUT2D eigenvalue weighted by molar-refractivity contribution is 5.89. The number of rotatable bonds is 4. The fraction of sp³-hybridized carbons (Fsp3) is 0.680. The number of hydrogen-bond acceptors (Lipinski definition) is 3. The molecule has 0 aliphatic heterocycles. The number of hydrogen-bond donors (Lipinski definition) is 1. The van der Waals surface area contributed by atoms with Crippen molar-refractivity contribution < 1.29 is 9.90 Å². The van der Waals surface area contributed by atoms with E-state index in [4.69, 9.17) is 4.98 Å². The molecular weight excluding hydrogens is 346 g/mol. The van der Waals surface area contributed by atoms with E-state index in [0.29, 0.717) is 5.56 Å². The Balaban J connectivity index is 0.000000500. The molecule has 1 aromatic heterocycles. The number of carbonyl (C=O) groups is 1. The normalized spacial score (nSPS) is 20.5. The second-order valence-corrected chi connectivity index (χ2v) is 9.90. The maximum Gasteiger partial charge on any atom is 0.152 e. The number of aromatic nitrogens is 1. The molecule has 0 fully saturated rings. The number of aliphatic hydroxyl groups is 1. The molecular formula is C25H39NO2. The SMILES string of the molecule is CC(C)c1nc2c(c(C3=CCCC3)c1C=O)C(O)CC(C)(C)C2.CCC(C)C. The maximum atomic E-state index is 11.9. The van der Waals surface area contributed by atoms with Crippen LogP contribution in [0.25, 0.3) is 5.57 Å². The number of aliphatic hydroxyl groups excluding tert-OH is 1. The Morgan fingerprint density at radius 1 is 1.29 bits per heavy atom. The number of aldehydes is 1. The molecule has 3 nitrogen and oxygen atoms in total.